The minimum absolute atomic E-state index is 0.0843. The van der Waals surface area contributed by atoms with Gasteiger partial charge in [-0.25, -0.2) is 8.42 Å². The van der Waals surface area contributed by atoms with Gasteiger partial charge in [0.2, 0.25) is 0 Å². The van der Waals surface area contributed by atoms with Gasteiger partial charge in [0, 0.05) is 11.9 Å². The van der Waals surface area contributed by atoms with Gasteiger partial charge in [-0.15, -0.1) is 0 Å². The molecule has 0 radical (unpaired) electrons. The zero-order chi connectivity index (χ0) is 13.3. The van der Waals surface area contributed by atoms with Crippen molar-refractivity contribution in [1.82, 2.24) is 10.2 Å². The van der Waals surface area contributed by atoms with Gasteiger partial charge in [0.25, 0.3) is 10.0 Å². The lowest BCUT2D eigenvalue weighted by molar-refractivity contribution is 0.601. The average molecular weight is 266 g/mol. The lowest BCUT2D eigenvalue weighted by Crippen LogP contribution is -2.13. The molecule has 0 bridgehead atoms. The van der Waals surface area contributed by atoms with Crippen molar-refractivity contribution in [3.8, 4) is 0 Å². The molecule has 1 aromatic carbocycles. The molecule has 4 N–H and O–H groups in total. The molecule has 0 spiro atoms. The summed E-state index contributed by atoms with van der Waals surface area (Å²) < 4.78 is 26.5. The number of anilines is 2. The minimum atomic E-state index is -3.62. The summed E-state index contributed by atoms with van der Waals surface area (Å²) in [6.45, 7) is 3.65. The number of nitrogens with one attached hydrogen (secondary N) is 2. The van der Waals surface area contributed by atoms with E-state index in [2.05, 4.69) is 14.9 Å². The first-order chi connectivity index (χ1) is 8.42. The molecule has 2 aromatic rings. The number of H-pyrrole nitrogens is 1. The predicted molar refractivity (Wildman–Crippen MR) is 69.7 cm³/mol. The van der Waals surface area contributed by atoms with Crippen molar-refractivity contribution in [3.05, 3.63) is 35.7 Å². The van der Waals surface area contributed by atoms with E-state index in [0.29, 0.717) is 16.9 Å². The highest BCUT2D eigenvalue weighted by Crippen LogP contribution is 2.26. The summed E-state index contributed by atoms with van der Waals surface area (Å²) in [4.78, 5) is 0.0843. The topological polar surface area (TPSA) is 101 Å². The molecule has 96 valence electrons. The second-order valence-electron chi connectivity index (χ2n) is 4.01. The van der Waals surface area contributed by atoms with Crippen LogP contribution in [0.5, 0.6) is 0 Å². The Hall–Kier alpha value is -2.02. The summed E-state index contributed by atoms with van der Waals surface area (Å²) in [6.07, 6.45) is 2.56. The number of hydrogen-bond acceptors (Lipinski definition) is 4. The summed E-state index contributed by atoms with van der Waals surface area (Å²) >= 11 is 0. The van der Waals surface area contributed by atoms with Crippen molar-refractivity contribution >= 4 is 21.4 Å². The number of nitrogens with zero attached hydrogens (tertiary/aromatic N) is 1. The molecule has 0 amide bonds. The van der Waals surface area contributed by atoms with Gasteiger partial charge in [-0.1, -0.05) is 6.07 Å². The highest BCUT2D eigenvalue weighted by molar-refractivity contribution is 7.92. The normalized spacial score (nSPS) is 11.4. The van der Waals surface area contributed by atoms with Crippen LogP contribution in [0.4, 0.5) is 11.4 Å². The first-order valence-corrected chi connectivity index (χ1v) is 6.77. The van der Waals surface area contributed by atoms with Crippen molar-refractivity contribution < 1.29 is 8.42 Å². The molecule has 7 heteroatoms. The highest BCUT2D eigenvalue weighted by Gasteiger charge is 2.17. The number of sulfonamides is 1. The van der Waals surface area contributed by atoms with Crippen LogP contribution < -0.4 is 10.5 Å². The maximum absolute atomic E-state index is 12.0. The maximum Gasteiger partial charge on any atom is 0.265 e. The summed E-state index contributed by atoms with van der Waals surface area (Å²) in [5.41, 5.74) is 8.55. The Morgan fingerprint density at radius 2 is 2.06 bits per heavy atom. The van der Waals surface area contributed by atoms with E-state index in [4.69, 9.17) is 5.73 Å². The summed E-state index contributed by atoms with van der Waals surface area (Å²) in [5, 5.41) is 6.08. The number of aromatic amines is 1. The molecule has 0 aliphatic heterocycles. The van der Waals surface area contributed by atoms with Crippen LogP contribution in [0.15, 0.2) is 29.4 Å². The molecule has 0 aliphatic rings. The van der Waals surface area contributed by atoms with Crippen molar-refractivity contribution in [3.63, 3.8) is 0 Å². The molecule has 1 heterocycles. The first kappa shape index (κ1) is 12.4. The molecule has 0 atom stereocenters. The largest absolute Gasteiger partial charge is 0.398 e. The average Bonchev–Trinajstić information content (AvgIpc) is 2.84. The SMILES string of the molecule is Cc1ccc(NS(=O)(=O)c2cn[nH]c2)c(C)c1N. The Morgan fingerprint density at radius 1 is 1.33 bits per heavy atom. The molecule has 1 aromatic heterocycles. The fraction of sp³-hybridized carbons (Fsp3) is 0.182. The predicted octanol–water partition coefficient (Wildman–Crippen LogP) is 1.41. The van der Waals surface area contributed by atoms with Crippen molar-refractivity contribution in [2.24, 2.45) is 0 Å². The lowest BCUT2D eigenvalue weighted by atomic mass is 10.1. The van der Waals surface area contributed by atoms with Gasteiger partial charge in [0.15, 0.2) is 0 Å². The maximum atomic E-state index is 12.0. The Labute approximate surface area is 105 Å². The Kier molecular flexibility index (Phi) is 3.00. The van der Waals surface area contributed by atoms with E-state index in [9.17, 15) is 8.42 Å². The minimum Gasteiger partial charge on any atom is -0.398 e. The van der Waals surface area contributed by atoms with E-state index >= 15 is 0 Å². The molecule has 6 nitrogen and oxygen atoms in total. The third kappa shape index (κ3) is 2.17. The number of benzene rings is 1. The molecule has 2 rings (SSSR count). The molecule has 0 fully saturated rings. The van der Waals surface area contributed by atoms with E-state index in [0.717, 1.165) is 5.56 Å². The lowest BCUT2D eigenvalue weighted by Gasteiger charge is -2.12. The second kappa shape index (κ2) is 4.34. The summed E-state index contributed by atoms with van der Waals surface area (Å²) in [7, 11) is -3.62. The number of nitrogen functional groups attached to an aromatic ring is 1. The molecule has 18 heavy (non-hydrogen) atoms. The van der Waals surface area contributed by atoms with Gasteiger partial charge in [0.05, 0.1) is 11.9 Å². The second-order valence-corrected chi connectivity index (χ2v) is 5.69. The molecular weight excluding hydrogens is 252 g/mol. The van der Waals surface area contributed by atoms with Gasteiger partial charge in [0.1, 0.15) is 4.90 Å². The number of hydrogen-bond donors (Lipinski definition) is 3. The third-order valence-electron chi connectivity index (χ3n) is 2.76. The van der Waals surface area contributed by atoms with Gasteiger partial charge >= 0.3 is 0 Å². The Morgan fingerprint density at radius 3 is 2.67 bits per heavy atom. The van der Waals surface area contributed by atoms with Crippen LogP contribution in [0.25, 0.3) is 0 Å². The van der Waals surface area contributed by atoms with Gasteiger partial charge in [-0.3, -0.25) is 9.82 Å². The van der Waals surface area contributed by atoms with Crippen molar-refractivity contribution in [2.75, 3.05) is 10.5 Å². The van der Waals surface area contributed by atoms with Crippen molar-refractivity contribution in [2.45, 2.75) is 18.7 Å². The molecular formula is C11H14N4O2S. The van der Waals surface area contributed by atoms with Crippen LogP contribution in [0.3, 0.4) is 0 Å². The van der Waals surface area contributed by atoms with Gasteiger partial charge in [-0.2, -0.15) is 5.10 Å². The molecule has 0 saturated carbocycles. The third-order valence-corrected chi connectivity index (χ3v) is 4.09. The van der Waals surface area contributed by atoms with Gasteiger partial charge < -0.3 is 5.73 Å². The fourth-order valence-electron chi connectivity index (χ4n) is 1.56. The molecule has 0 aliphatic carbocycles. The zero-order valence-electron chi connectivity index (χ0n) is 10.1. The van der Waals surface area contributed by atoms with E-state index in [1.54, 1.807) is 19.1 Å². The van der Waals surface area contributed by atoms with E-state index in [1.807, 2.05) is 6.92 Å². The number of rotatable bonds is 3. The monoisotopic (exact) mass is 266 g/mol. The van der Waals surface area contributed by atoms with E-state index < -0.39 is 10.0 Å². The fourth-order valence-corrected chi connectivity index (χ4v) is 2.59. The standard InChI is InChI=1S/C11H14N4O2S/c1-7-3-4-10(8(2)11(7)12)15-18(16,17)9-5-13-14-6-9/h3-6,15H,12H2,1-2H3,(H,13,14). The molecule has 0 saturated heterocycles. The van der Waals surface area contributed by atoms with Gasteiger partial charge in [-0.05, 0) is 31.0 Å². The first-order valence-electron chi connectivity index (χ1n) is 5.29. The highest BCUT2D eigenvalue weighted by atomic mass is 32.2. The smallest absolute Gasteiger partial charge is 0.265 e. The van der Waals surface area contributed by atoms with Crippen LogP contribution in [-0.4, -0.2) is 18.6 Å². The quantitative estimate of drug-likeness (QED) is 0.731. The van der Waals surface area contributed by atoms with E-state index in [-0.39, 0.29) is 4.90 Å². The van der Waals surface area contributed by atoms with Crippen LogP contribution >= 0.6 is 0 Å². The van der Waals surface area contributed by atoms with Crippen LogP contribution in [-0.2, 0) is 10.0 Å². The number of nitrogens with two attached hydrogens (primary N) is 1. The molecule has 0 unspecified atom stereocenters. The zero-order valence-corrected chi connectivity index (χ0v) is 10.9. The Balaban J connectivity index is 2.39. The van der Waals surface area contributed by atoms with Crippen molar-refractivity contribution in [1.29, 1.82) is 0 Å². The summed E-state index contributed by atoms with van der Waals surface area (Å²) in [5.74, 6) is 0. The van der Waals surface area contributed by atoms with Crippen LogP contribution in [0.2, 0.25) is 0 Å². The Bertz CT molecular complexity index is 663. The number of aryl methyl sites for hydroxylation is 1. The summed E-state index contributed by atoms with van der Waals surface area (Å²) in [6, 6.07) is 3.47. The van der Waals surface area contributed by atoms with Crippen LogP contribution in [0.1, 0.15) is 11.1 Å². The van der Waals surface area contributed by atoms with Crippen LogP contribution in [0, 0.1) is 13.8 Å². The number of aromatic nitrogens is 2. The van der Waals surface area contributed by atoms with E-state index in [1.165, 1.54) is 12.4 Å².